The number of carbonyl (C=O) groups is 1. The molecule has 6 fully saturated rings. The van der Waals surface area contributed by atoms with Crippen molar-refractivity contribution in [1.82, 2.24) is 0 Å². The molecule has 0 saturated carbocycles. The average molecular weight is 1060 g/mol. The van der Waals surface area contributed by atoms with Crippen LogP contribution in [0, 0.1) is 5.92 Å². The highest BCUT2D eigenvalue weighted by atomic mass is 16.7. The van der Waals surface area contributed by atoms with Gasteiger partial charge >= 0.3 is 5.97 Å². The smallest absolute Gasteiger partial charge is 0.333 e. The molecule has 6 aliphatic rings. The first-order valence-electron chi connectivity index (χ1n) is 24.0. The summed E-state index contributed by atoms with van der Waals surface area (Å²) in [6.07, 6.45) is -26.8. The topological polar surface area (TPSA) is 411 Å². The van der Waals surface area contributed by atoms with E-state index in [2.05, 4.69) is 0 Å². The van der Waals surface area contributed by atoms with Crippen LogP contribution in [0.1, 0.15) is 55.4 Å². The van der Waals surface area contributed by atoms with E-state index in [-0.39, 0.29) is 31.0 Å². The van der Waals surface area contributed by atoms with Crippen LogP contribution >= 0.6 is 0 Å². The maximum absolute atomic E-state index is 11.4. The SMILES string of the molecule is COC1C(O)C(C)OC(C)[C@@H]1O.COC1C(O)[C@@H](C)OC(C)[C@@H]1O.CO[C@@H]1C(CO)O[C@H](C)[C@@H](O)C1O.CO[C@@H]1C(O[C@H]2OC(CO[C@H]3OC(C(=O)O)[C@@H](C)C(O)[C@@H]3O)[C@@H](O)C(O)[C@@H]2O)C(C)OC(C)[C@@H]1O. The maximum Gasteiger partial charge on any atom is 0.333 e. The highest BCUT2D eigenvalue weighted by Crippen LogP contribution is 2.32. The molecule has 14 N–H and O–H groups in total. The second kappa shape index (κ2) is 29.3. The van der Waals surface area contributed by atoms with Crippen LogP contribution in [0.5, 0.6) is 0 Å². The Morgan fingerprint density at radius 2 is 0.792 bits per heavy atom. The van der Waals surface area contributed by atoms with E-state index in [0.29, 0.717) is 0 Å². The molecular formula is C45H84O27. The number of carboxylic acids is 1. The fourth-order valence-electron chi connectivity index (χ4n) is 9.21. The molecule has 0 aliphatic carbocycles. The van der Waals surface area contributed by atoms with E-state index < -0.39 is 171 Å². The molecule has 6 rings (SSSR count). The van der Waals surface area contributed by atoms with Crippen molar-refractivity contribution in [2.75, 3.05) is 41.7 Å². The lowest BCUT2D eigenvalue weighted by molar-refractivity contribution is -0.349. The van der Waals surface area contributed by atoms with E-state index in [1.165, 1.54) is 35.4 Å². The van der Waals surface area contributed by atoms with E-state index in [1.54, 1.807) is 48.5 Å². The van der Waals surface area contributed by atoms with Gasteiger partial charge in [-0.05, 0) is 48.5 Å². The summed E-state index contributed by atoms with van der Waals surface area (Å²) in [4.78, 5) is 11.4. The Morgan fingerprint density at radius 1 is 0.389 bits per heavy atom. The molecule has 30 atom stereocenters. The Bertz CT molecular complexity index is 1490. The molecule has 6 heterocycles. The Balaban J connectivity index is 0.000000300. The molecule has 27 heteroatoms. The predicted molar refractivity (Wildman–Crippen MR) is 242 cm³/mol. The first kappa shape index (κ1) is 64.8. The largest absolute Gasteiger partial charge is 0.479 e. The number of methoxy groups -OCH3 is 4. The van der Waals surface area contributed by atoms with Gasteiger partial charge in [0.1, 0.15) is 110 Å². The summed E-state index contributed by atoms with van der Waals surface area (Å²) in [5, 5.41) is 137. The number of aliphatic carboxylic acids is 1. The summed E-state index contributed by atoms with van der Waals surface area (Å²) < 4.78 is 63.7. The fourth-order valence-corrected chi connectivity index (χ4v) is 9.21. The zero-order valence-corrected chi connectivity index (χ0v) is 42.8. The molecule has 0 amide bonds. The van der Waals surface area contributed by atoms with Gasteiger partial charge in [0.2, 0.25) is 0 Å². The van der Waals surface area contributed by atoms with Crippen molar-refractivity contribution in [3.05, 3.63) is 0 Å². The third kappa shape index (κ3) is 15.6. The highest BCUT2D eigenvalue weighted by molar-refractivity contribution is 5.73. The average Bonchev–Trinajstić information content (AvgIpc) is 3.34. The Morgan fingerprint density at radius 3 is 1.21 bits per heavy atom. The van der Waals surface area contributed by atoms with Gasteiger partial charge in [0.05, 0.1) is 62.0 Å². The Labute approximate surface area is 418 Å². The Hall–Kier alpha value is -1.53. The summed E-state index contributed by atoms with van der Waals surface area (Å²) in [7, 11) is 5.73. The van der Waals surface area contributed by atoms with Crippen LogP contribution < -0.4 is 0 Å². The fraction of sp³-hybridized carbons (Fsp3) is 0.978. The molecule has 0 bridgehead atoms. The molecule has 0 aromatic heterocycles. The zero-order chi connectivity index (χ0) is 54.8. The lowest BCUT2D eigenvalue weighted by Crippen LogP contribution is -2.64. The van der Waals surface area contributed by atoms with Gasteiger partial charge in [0, 0.05) is 34.4 Å². The lowest BCUT2D eigenvalue weighted by atomic mass is 9.91. The van der Waals surface area contributed by atoms with E-state index in [0.717, 1.165) is 0 Å². The molecule has 0 aromatic rings. The molecule has 0 radical (unpaired) electrons. The summed E-state index contributed by atoms with van der Waals surface area (Å²) in [5.41, 5.74) is 0. The van der Waals surface area contributed by atoms with Gasteiger partial charge in [0.25, 0.3) is 0 Å². The van der Waals surface area contributed by atoms with E-state index in [9.17, 15) is 71.2 Å². The second-order valence-corrected chi connectivity index (χ2v) is 19.0. The summed E-state index contributed by atoms with van der Waals surface area (Å²) >= 11 is 0. The number of carboxylic acid groups (broad SMARTS) is 1. The van der Waals surface area contributed by atoms with Gasteiger partial charge in [-0.15, -0.1) is 0 Å². The van der Waals surface area contributed by atoms with Gasteiger partial charge < -0.3 is 128 Å². The van der Waals surface area contributed by atoms with Gasteiger partial charge in [-0.25, -0.2) is 4.79 Å². The van der Waals surface area contributed by atoms with Gasteiger partial charge in [-0.1, -0.05) is 6.92 Å². The van der Waals surface area contributed by atoms with Crippen molar-refractivity contribution in [2.24, 2.45) is 5.92 Å². The number of rotatable bonds is 11. The standard InChI is InChI=1S/C21H36O14.C8H16O5.2C8H16O4/c1-6-10(22)14(26)20(34-16(6)19(28)29)31-5-9-12(24)13(25)15(27)21(33-9)35-17-8(3)32-7(2)11(23)18(17)30-4;1-4-6(10)7(11)8(12-2)5(3-9)13-4;2*1-4-6(9)8(11-3)7(10)5(2)12-4/h6-18,20-27H,5H2,1-4H3,(H,28,29);4-11H,3H2,1-2H3;2*4-10H,1-3H3/t6-,7?,8?,9?,10?,11-,12+,13?,14-,15-,16?,17?,18-,20-,21+;4-,5?,6-,7?,8-;4?,5?,6-,7?,8?;4-,5?,6?,7+,8?/m0101/s1. The van der Waals surface area contributed by atoms with Crippen molar-refractivity contribution in [2.45, 2.75) is 233 Å². The quantitative estimate of drug-likeness (QED) is 0.0916. The first-order chi connectivity index (χ1) is 33.6. The van der Waals surface area contributed by atoms with E-state index in [4.69, 9.17) is 61.9 Å². The van der Waals surface area contributed by atoms with Crippen LogP contribution in [0.2, 0.25) is 0 Å². The summed E-state index contributed by atoms with van der Waals surface area (Å²) in [5.74, 6) is -2.27. The van der Waals surface area contributed by atoms with Crippen molar-refractivity contribution >= 4 is 5.97 Å². The summed E-state index contributed by atoms with van der Waals surface area (Å²) in [6, 6.07) is 0. The zero-order valence-electron chi connectivity index (χ0n) is 42.8. The molecule has 16 unspecified atom stereocenters. The lowest BCUT2D eigenvalue weighted by Gasteiger charge is -2.46. The normalized spacial score (nSPS) is 49.7. The third-order valence-corrected chi connectivity index (χ3v) is 13.9. The van der Waals surface area contributed by atoms with Gasteiger partial charge in [-0.2, -0.15) is 0 Å². The molecule has 426 valence electrons. The van der Waals surface area contributed by atoms with Crippen LogP contribution in [0.3, 0.4) is 0 Å². The minimum atomic E-state index is -1.72. The minimum Gasteiger partial charge on any atom is -0.479 e. The maximum atomic E-state index is 11.4. The minimum absolute atomic E-state index is 0.230. The number of hydrogen-bond acceptors (Lipinski definition) is 26. The predicted octanol–water partition coefficient (Wildman–Crippen LogP) is -5.89. The molecule has 0 aromatic carbocycles. The monoisotopic (exact) mass is 1060 g/mol. The molecule has 72 heavy (non-hydrogen) atoms. The van der Waals surface area contributed by atoms with E-state index in [1.807, 2.05) is 0 Å². The van der Waals surface area contributed by atoms with Crippen LogP contribution in [0.4, 0.5) is 0 Å². The Kier molecular flexibility index (Phi) is 26.3. The second-order valence-electron chi connectivity index (χ2n) is 19.0. The number of hydrogen-bond donors (Lipinski definition) is 14. The van der Waals surface area contributed by atoms with Crippen molar-refractivity contribution < 1.29 is 133 Å². The first-order valence-corrected chi connectivity index (χ1v) is 24.0. The number of aliphatic hydroxyl groups excluding tert-OH is 13. The number of aliphatic hydroxyl groups is 13. The highest BCUT2D eigenvalue weighted by Gasteiger charge is 2.52. The third-order valence-electron chi connectivity index (χ3n) is 13.9. The van der Waals surface area contributed by atoms with Crippen LogP contribution in [-0.2, 0) is 61.6 Å². The van der Waals surface area contributed by atoms with E-state index >= 15 is 0 Å². The van der Waals surface area contributed by atoms with Gasteiger partial charge in [0.15, 0.2) is 18.7 Å². The molecular weight excluding hydrogens is 972 g/mol. The molecule has 6 aliphatic heterocycles. The number of ether oxygens (including phenoxy) is 12. The molecule has 0 spiro atoms. The van der Waals surface area contributed by atoms with Crippen molar-refractivity contribution in [1.29, 1.82) is 0 Å². The van der Waals surface area contributed by atoms with Crippen molar-refractivity contribution in [3.8, 4) is 0 Å². The van der Waals surface area contributed by atoms with Crippen molar-refractivity contribution in [3.63, 3.8) is 0 Å². The van der Waals surface area contributed by atoms with Gasteiger partial charge in [-0.3, -0.25) is 0 Å². The molecule has 6 saturated heterocycles. The summed E-state index contributed by atoms with van der Waals surface area (Å²) in [6.45, 7) is 12.7. The van der Waals surface area contributed by atoms with Crippen LogP contribution in [-0.4, -0.2) is 297 Å². The van der Waals surface area contributed by atoms with Crippen LogP contribution in [0.25, 0.3) is 0 Å². The molecule has 27 nitrogen and oxygen atoms in total. The van der Waals surface area contributed by atoms with Crippen LogP contribution in [0.15, 0.2) is 0 Å².